The Bertz CT molecular complexity index is 210. The fourth-order valence-corrected chi connectivity index (χ4v) is 3.50. The van der Waals surface area contributed by atoms with Crippen LogP contribution in [0.3, 0.4) is 0 Å². The Hall–Kier alpha value is -0.120. The smallest absolute Gasteiger partial charge is 0.171 e. The molecule has 0 aromatic rings. The summed E-state index contributed by atoms with van der Waals surface area (Å²) in [5.41, 5.74) is 0. The van der Waals surface area contributed by atoms with Gasteiger partial charge in [-0.3, -0.25) is 0 Å². The molecule has 3 nitrogen and oxygen atoms in total. The van der Waals surface area contributed by atoms with Crippen molar-refractivity contribution in [3.05, 3.63) is 0 Å². The Morgan fingerprint density at radius 1 is 1.23 bits per heavy atom. The molecule has 1 saturated heterocycles. The van der Waals surface area contributed by atoms with E-state index in [0.29, 0.717) is 18.4 Å². The van der Waals surface area contributed by atoms with Crippen LogP contribution in [0.2, 0.25) is 0 Å². The van der Waals surface area contributed by atoms with Crippen molar-refractivity contribution in [1.82, 2.24) is 0 Å². The Kier molecular flexibility index (Phi) is 1.70. The summed E-state index contributed by atoms with van der Waals surface area (Å²) in [6, 6.07) is 0. The zero-order chi connectivity index (χ0) is 8.89. The van der Waals surface area contributed by atoms with Crippen LogP contribution in [0.4, 0.5) is 0 Å². The number of hydrogen-bond donors (Lipinski definition) is 1. The van der Waals surface area contributed by atoms with Gasteiger partial charge in [-0.15, -0.1) is 0 Å². The number of rotatable bonds is 1. The summed E-state index contributed by atoms with van der Waals surface area (Å²) in [6.45, 7) is 1.78. The van der Waals surface area contributed by atoms with Crippen LogP contribution in [0.15, 0.2) is 0 Å². The Morgan fingerprint density at radius 2 is 2.00 bits per heavy atom. The average molecular weight is 184 g/mol. The van der Waals surface area contributed by atoms with E-state index in [1.165, 1.54) is 12.8 Å². The molecular formula is C10H16O3. The zero-order valence-electron chi connectivity index (χ0n) is 7.74. The number of fused-ring (bicyclic) bond motifs is 3. The maximum absolute atomic E-state index is 9.22. The first-order valence-electron chi connectivity index (χ1n) is 5.23. The van der Waals surface area contributed by atoms with Crippen LogP contribution in [0.5, 0.6) is 0 Å². The second-order valence-corrected chi connectivity index (χ2v) is 4.60. The standard InChI is InChI=1S/C10H16O3/c11-6-8-3-7-4-9(8)10(5-7)12-1-2-13-10/h7-9,11H,1-6H2/t7-,8-,9+/m1/s1. The van der Waals surface area contributed by atoms with Gasteiger partial charge in [0.2, 0.25) is 0 Å². The van der Waals surface area contributed by atoms with Gasteiger partial charge in [-0.05, 0) is 24.7 Å². The number of hydrogen-bond acceptors (Lipinski definition) is 3. The van der Waals surface area contributed by atoms with E-state index in [9.17, 15) is 5.11 Å². The van der Waals surface area contributed by atoms with E-state index in [1.54, 1.807) is 0 Å². The fraction of sp³-hybridized carbons (Fsp3) is 1.00. The van der Waals surface area contributed by atoms with Gasteiger partial charge in [-0.1, -0.05) is 0 Å². The lowest BCUT2D eigenvalue weighted by Gasteiger charge is -2.35. The van der Waals surface area contributed by atoms with Crippen molar-refractivity contribution >= 4 is 0 Å². The lowest BCUT2D eigenvalue weighted by Crippen LogP contribution is -2.41. The summed E-state index contributed by atoms with van der Waals surface area (Å²) in [6.07, 6.45) is 3.44. The number of aliphatic hydroxyl groups excluding tert-OH is 1. The second kappa shape index (κ2) is 2.69. The van der Waals surface area contributed by atoms with E-state index in [-0.39, 0.29) is 5.79 Å². The van der Waals surface area contributed by atoms with Crippen molar-refractivity contribution in [1.29, 1.82) is 0 Å². The molecule has 13 heavy (non-hydrogen) atoms. The third-order valence-electron chi connectivity index (χ3n) is 3.94. The normalized spacial score (nSPS) is 46.4. The van der Waals surface area contributed by atoms with Crippen LogP contribution < -0.4 is 0 Å². The van der Waals surface area contributed by atoms with Gasteiger partial charge < -0.3 is 14.6 Å². The molecule has 1 heterocycles. The fourth-order valence-electron chi connectivity index (χ4n) is 3.50. The van der Waals surface area contributed by atoms with Crippen LogP contribution in [-0.4, -0.2) is 30.7 Å². The average Bonchev–Trinajstić information content (AvgIpc) is 2.80. The summed E-state index contributed by atoms with van der Waals surface area (Å²) < 4.78 is 11.5. The summed E-state index contributed by atoms with van der Waals surface area (Å²) in [4.78, 5) is 0. The minimum absolute atomic E-state index is 0.281. The van der Waals surface area contributed by atoms with Gasteiger partial charge in [0, 0.05) is 18.9 Å². The van der Waals surface area contributed by atoms with E-state index < -0.39 is 0 Å². The van der Waals surface area contributed by atoms with Crippen molar-refractivity contribution < 1.29 is 14.6 Å². The molecule has 2 saturated carbocycles. The molecule has 3 heteroatoms. The summed E-state index contributed by atoms with van der Waals surface area (Å²) in [7, 11) is 0. The van der Waals surface area contributed by atoms with Gasteiger partial charge in [0.25, 0.3) is 0 Å². The SMILES string of the molecule is OC[C@H]1C[C@@H]2C[C@@H]1C1(C2)OCCO1. The molecule has 0 aromatic heterocycles. The van der Waals surface area contributed by atoms with E-state index >= 15 is 0 Å². The molecule has 2 aliphatic carbocycles. The molecule has 3 aliphatic rings. The maximum atomic E-state index is 9.22. The molecule has 0 amide bonds. The second-order valence-electron chi connectivity index (χ2n) is 4.60. The molecule has 3 fully saturated rings. The first kappa shape index (κ1) is 8.21. The quantitative estimate of drug-likeness (QED) is 0.654. The first-order chi connectivity index (χ1) is 6.34. The van der Waals surface area contributed by atoms with Crippen LogP contribution in [0.25, 0.3) is 0 Å². The molecule has 3 rings (SSSR count). The van der Waals surface area contributed by atoms with Crippen molar-refractivity contribution in [2.24, 2.45) is 17.8 Å². The van der Waals surface area contributed by atoms with Gasteiger partial charge in [-0.2, -0.15) is 0 Å². The van der Waals surface area contributed by atoms with Crippen molar-refractivity contribution in [3.63, 3.8) is 0 Å². The highest BCUT2D eigenvalue weighted by Gasteiger charge is 2.58. The zero-order valence-corrected chi connectivity index (χ0v) is 7.74. The molecule has 0 unspecified atom stereocenters. The Balaban J connectivity index is 1.84. The van der Waals surface area contributed by atoms with Crippen molar-refractivity contribution in [3.8, 4) is 0 Å². The molecule has 1 N–H and O–H groups in total. The molecule has 3 atom stereocenters. The van der Waals surface area contributed by atoms with E-state index in [2.05, 4.69) is 0 Å². The van der Waals surface area contributed by atoms with Crippen molar-refractivity contribution in [2.45, 2.75) is 25.0 Å². The minimum atomic E-state index is -0.281. The first-order valence-corrected chi connectivity index (χ1v) is 5.23. The molecule has 1 spiro atoms. The van der Waals surface area contributed by atoms with E-state index in [1.807, 2.05) is 0 Å². The highest BCUT2D eigenvalue weighted by atomic mass is 16.7. The highest BCUT2D eigenvalue weighted by molar-refractivity contribution is 5.02. The third kappa shape index (κ3) is 1.01. The summed E-state index contributed by atoms with van der Waals surface area (Å²) in [5.74, 6) is 1.35. The largest absolute Gasteiger partial charge is 0.396 e. The van der Waals surface area contributed by atoms with Gasteiger partial charge in [0.1, 0.15) is 0 Å². The van der Waals surface area contributed by atoms with Crippen LogP contribution in [-0.2, 0) is 9.47 Å². The maximum Gasteiger partial charge on any atom is 0.171 e. The van der Waals surface area contributed by atoms with Crippen LogP contribution in [0.1, 0.15) is 19.3 Å². The molecule has 2 bridgehead atoms. The topological polar surface area (TPSA) is 38.7 Å². The van der Waals surface area contributed by atoms with E-state index in [4.69, 9.17) is 9.47 Å². The Labute approximate surface area is 78.0 Å². The third-order valence-corrected chi connectivity index (χ3v) is 3.94. The van der Waals surface area contributed by atoms with Gasteiger partial charge in [0.05, 0.1) is 13.2 Å². The Morgan fingerprint density at radius 3 is 2.62 bits per heavy atom. The minimum Gasteiger partial charge on any atom is -0.396 e. The predicted octanol–water partition coefficient (Wildman–Crippen LogP) is 0.768. The molecule has 74 valence electrons. The lowest BCUT2D eigenvalue weighted by molar-refractivity contribution is -0.204. The van der Waals surface area contributed by atoms with Crippen LogP contribution in [0, 0.1) is 17.8 Å². The van der Waals surface area contributed by atoms with Gasteiger partial charge in [0.15, 0.2) is 5.79 Å². The van der Waals surface area contributed by atoms with Crippen LogP contribution >= 0.6 is 0 Å². The molecule has 1 aliphatic heterocycles. The molecule has 0 aromatic carbocycles. The number of ether oxygens (including phenoxy) is 2. The van der Waals surface area contributed by atoms with Crippen molar-refractivity contribution in [2.75, 3.05) is 19.8 Å². The summed E-state index contributed by atoms with van der Waals surface area (Å²) >= 11 is 0. The summed E-state index contributed by atoms with van der Waals surface area (Å²) in [5, 5.41) is 9.22. The number of aliphatic hydroxyl groups is 1. The molecular weight excluding hydrogens is 168 g/mol. The monoisotopic (exact) mass is 184 g/mol. The highest BCUT2D eigenvalue weighted by Crippen LogP contribution is 2.56. The van der Waals surface area contributed by atoms with Gasteiger partial charge >= 0.3 is 0 Å². The predicted molar refractivity (Wildman–Crippen MR) is 46.0 cm³/mol. The lowest BCUT2D eigenvalue weighted by atomic mass is 9.84. The molecule has 0 radical (unpaired) electrons. The van der Waals surface area contributed by atoms with E-state index in [0.717, 1.165) is 25.6 Å². The van der Waals surface area contributed by atoms with Gasteiger partial charge in [-0.25, -0.2) is 0 Å².